The molecule has 166 valence electrons. The van der Waals surface area contributed by atoms with E-state index in [1.165, 1.54) is 46.3 Å². The molecule has 3 aromatic rings. The Kier molecular flexibility index (Phi) is 6.60. The minimum Gasteiger partial charge on any atom is -0.480 e. The van der Waals surface area contributed by atoms with Crippen molar-refractivity contribution in [1.29, 1.82) is 0 Å². The molecular weight excluding hydrogens is 463 g/mol. The molecule has 0 saturated carbocycles. The smallest absolute Gasteiger partial charge is 0.283 e. The quantitative estimate of drug-likeness (QED) is 0.396. The fraction of sp³-hybridized carbons (Fsp3) is 0.150. The van der Waals surface area contributed by atoms with Crippen molar-refractivity contribution in [3.63, 3.8) is 0 Å². The van der Waals surface area contributed by atoms with Gasteiger partial charge in [0.1, 0.15) is 5.69 Å². The van der Waals surface area contributed by atoms with Crippen LogP contribution in [0.1, 0.15) is 27.2 Å². The van der Waals surface area contributed by atoms with E-state index in [2.05, 4.69) is 15.4 Å². The lowest BCUT2D eigenvalue weighted by Gasteiger charge is -2.18. The van der Waals surface area contributed by atoms with Crippen LogP contribution in [0.4, 0.5) is 14.5 Å². The van der Waals surface area contributed by atoms with E-state index in [9.17, 15) is 18.4 Å². The van der Waals surface area contributed by atoms with Crippen molar-refractivity contribution in [2.45, 2.75) is 12.6 Å². The highest BCUT2D eigenvalue weighted by Gasteiger charge is 2.28. The summed E-state index contributed by atoms with van der Waals surface area (Å²) in [4.78, 5) is 28.1. The number of amides is 1. The zero-order valence-corrected chi connectivity index (χ0v) is 18.7. The van der Waals surface area contributed by atoms with E-state index in [1.54, 1.807) is 18.1 Å². The lowest BCUT2D eigenvalue weighted by Crippen LogP contribution is -2.18. The Hall–Kier alpha value is -3.32. The van der Waals surface area contributed by atoms with Gasteiger partial charge in [-0.1, -0.05) is 20.8 Å². The molecule has 0 radical (unpaired) electrons. The second kappa shape index (κ2) is 9.04. The molecule has 1 amide bonds. The van der Waals surface area contributed by atoms with Crippen molar-refractivity contribution in [2.24, 2.45) is 5.73 Å². The number of methoxy groups -OCH3 is 1. The van der Waals surface area contributed by atoms with Crippen molar-refractivity contribution in [3.8, 4) is 11.7 Å². The van der Waals surface area contributed by atoms with E-state index < -0.39 is 17.1 Å². The Labute approximate surface area is 188 Å². The van der Waals surface area contributed by atoms with Gasteiger partial charge in [-0.3, -0.25) is 4.79 Å². The van der Waals surface area contributed by atoms with Crippen molar-refractivity contribution >= 4 is 44.1 Å². The molecule has 0 fully saturated rings. The predicted molar refractivity (Wildman–Crippen MR) is 119 cm³/mol. The summed E-state index contributed by atoms with van der Waals surface area (Å²) in [5, 5.41) is 7.21. The molecule has 3 rings (SSSR count). The Bertz CT molecular complexity index is 1250. The number of nitrogens with one attached hydrogen (secondary N) is 1. The number of alkyl halides is 2. The molecule has 0 spiro atoms. The normalized spacial score (nSPS) is 11.1. The van der Waals surface area contributed by atoms with E-state index >= 15 is 0 Å². The Morgan fingerprint density at radius 3 is 2.66 bits per heavy atom. The zero-order valence-electron chi connectivity index (χ0n) is 16.8. The summed E-state index contributed by atoms with van der Waals surface area (Å²) in [6, 6.07) is 6.75. The number of halogens is 3. The maximum absolute atomic E-state index is 13.8. The maximum atomic E-state index is 13.8. The fourth-order valence-electron chi connectivity index (χ4n) is 2.94. The number of ether oxygens (including phenoxy) is 1. The highest BCUT2D eigenvalue weighted by atomic mass is 35.5. The summed E-state index contributed by atoms with van der Waals surface area (Å²) >= 11 is 6.22. The predicted octanol–water partition coefficient (Wildman–Crippen LogP) is 3.55. The molecule has 8 nitrogen and oxygen atoms in total. The van der Waals surface area contributed by atoms with Crippen molar-refractivity contribution < 1.29 is 23.1 Å². The van der Waals surface area contributed by atoms with Gasteiger partial charge in [-0.25, -0.2) is 14.5 Å². The highest BCUT2D eigenvalue weighted by molar-refractivity contribution is 7.17. The van der Waals surface area contributed by atoms with E-state index in [0.717, 1.165) is 6.07 Å². The summed E-state index contributed by atoms with van der Waals surface area (Å²) in [5.41, 5.74) is 1.75. The highest BCUT2D eigenvalue weighted by Crippen LogP contribution is 2.38. The van der Waals surface area contributed by atoms with E-state index in [1.807, 2.05) is 0 Å². The van der Waals surface area contributed by atoms with Crippen LogP contribution < -0.4 is 15.8 Å². The molecule has 0 saturated heterocycles. The van der Waals surface area contributed by atoms with Crippen LogP contribution in [-0.4, -0.2) is 33.7 Å². The Morgan fingerprint density at radius 2 is 2.09 bits per heavy atom. The summed E-state index contributed by atoms with van der Waals surface area (Å²) in [6.07, 6.45) is 1.48. The number of carbonyl (C=O) groups is 1. The minimum atomic E-state index is -3.28. The van der Waals surface area contributed by atoms with Crippen molar-refractivity contribution in [3.05, 3.63) is 63.9 Å². The molecule has 12 heteroatoms. The van der Waals surface area contributed by atoms with Gasteiger partial charge in [-0.05, 0) is 36.8 Å². The Balaban J connectivity index is 2.15. The van der Waals surface area contributed by atoms with Gasteiger partial charge in [0.05, 0.1) is 23.4 Å². The van der Waals surface area contributed by atoms with Gasteiger partial charge in [-0.2, -0.15) is 8.78 Å². The van der Waals surface area contributed by atoms with E-state index in [4.69, 9.17) is 22.1 Å². The summed E-state index contributed by atoms with van der Waals surface area (Å²) in [7, 11) is 2.78. The first-order valence-corrected chi connectivity index (χ1v) is 9.91. The molecule has 2 heterocycles. The zero-order chi connectivity index (χ0) is 23.6. The molecular formula is C20H17ClF2N5O3P. The topological polar surface area (TPSA) is 112 Å². The summed E-state index contributed by atoms with van der Waals surface area (Å²) in [5.74, 6) is 1.11. The Morgan fingerprint density at radius 1 is 1.38 bits per heavy atom. The van der Waals surface area contributed by atoms with Gasteiger partial charge < -0.3 is 15.8 Å². The molecule has 3 N–H and O–H groups in total. The number of pyridine rings is 1. The number of nitrogens with two attached hydrogens (primary N) is 1. The van der Waals surface area contributed by atoms with Crippen LogP contribution >= 0.6 is 20.8 Å². The first kappa shape index (κ1) is 23.3. The first-order chi connectivity index (χ1) is 15.1. The number of aryl methyl sites for hydroxylation is 1. The SMILES string of the molecule is COc1cc(C(=C=O)Nc2c(C)cc(C(F)(F)P)cc2C(N)=O)n(-c2ncccc2Cl)n1. The molecule has 1 unspecified atom stereocenters. The van der Waals surface area contributed by atoms with Crippen LogP contribution in [0.3, 0.4) is 0 Å². The van der Waals surface area contributed by atoms with Crippen LogP contribution in [-0.2, 0) is 10.5 Å². The molecule has 0 aliphatic heterocycles. The molecule has 2 aromatic heterocycles. The standard InChI is InChI=1S/C20H17ClF2N5O3P/c1-10-6-11(20(22,23)32)7-12(18(24)30)17(10)26-14(9-29)15-8-16(31-2)27-28(15)19-13(21)4-3-5-25-19/h3-8,26H,32H2,1-2H3,(H2,24,30). The van der Waals surface area contributed by atoms with Crippen LogP contribution in [0, 0.1) is 6.92 Å². The number of nitrogens with zero attached hydrogens (tertiary/aromatic N) is 3. The van der Waals surface area contributed by atoms with Crippen LogP contribution in [0.5, 0.6) is 5.88 Å². The molecule has 0 aliphatic rings. The maximum Gasteiger partial charge on any atom is 0.283 e. The lowest BCUT2D eigenvalue weighted by molar-refractivity contribution is 0.0994. The van der Waals surface area contributed by atoms with E-state index in [-0.39, 0.29) is 44.9 Å². The van der Waals surface area contributed by atoms with E-state index in [0.29, 0.717) is 0 Å². The molecule has 32 heavy (non-hydrogen) atoms. The third-order valence-corrected chi connectivity index (χ3v) is 5.06. The van der Waals surface area contributed by atoms with Crippen LogP contribution in [0.25, 0.3) is 11.5 Å². The number of primary amides is 1. The number of benzene rings is 1. The third kappa shape index (κ3) is 4.62. The van der Waals surface area contributed by atoms with Gasteiger partial charge in [0, 0.05) is 17.8 Å². The second-order valence-electron chi connectivity index (χ2n) is 6.60. The average Bonchev–Trinajstić information content (AvgIpc) is 3.16. The van der Waals surface area contributed by atoms with Crippen LogP contribution in [0.15, 0.2) is 36.5 Å². The number of aromatic nitrogens is 3. The van der Waals surface area contributed by atoms with Gasteiger partial charge in [0.2, 0.25) is 5.88 Å². The van der Waals surface area contributed by atoms with Crippen molar-refractivity contribution in [2.75, 3.05) is 12.4 Å². The summed E-state index contributed by atoms with van der Waals surface area (Å²) in [6.45, 7) is 1.49. The average molecular weight is 480 g/mol. The second-order valence-corrected chi connectivity index (χ2v) is 7.73. The minimum absolute atomic E-state index is 0.0627. The number of hydrogen-bond acceptors (Lipinski definition) is 6. The largest absolute Gasteiger partial charge is 0.480 e. The number of hydrogen-bond donors (Lipinski definition) is 2. The third-order valence-electron chi connectivity index (χ3n) is 4.43. The molecule has 0 bridgehead atoms. The number of anilines is 1. The molecule has 1 atom stereocenters. The first-order valence-electron chi connectivity index (χ1n) is 8.95. The molecule has 1 aromatic carbocycles. The van der Waals surface area contributed by atoms with Crippen molar-refractivity contribution in [1.82, 2.24) is 14.8 Å². The van der Waals surface area contributed by atoms with Gasteiger partial charge in [-0.15, -0.1) is 5.10 Å². The fourth-order valence-corrected chi connectivity index (χ4v) is 3.31. The van der Waals surface area contributed by atoms with Crippen LogP contribution in [0.2, 0.25) is 5.02 Å². The van der Waals surface area contributed by atoms with Gasteiger partial charge >= 0.3 is 0 Å². The van der Waals surface area contributed by atoms with Gasteiger partial charge in [0.25, 0.3) is 11.6 Å². The monoisotopic (exact) mass is 479 g/mol. The lowest BCUT2D eigenvalue weighted by atomic mass is 10.0. The number of rotatable bonds is 7. The van der Waals surface area contributed by atoms with Gasteiger partial charge in [0.15, 0.2) is 17.5 Å². The molecule has 0 aliphatic carbocycles. The number of carbonyl (C=O) groups excluding carboxylic acids is 2. The summed E-state index contributed by atoms with van der Waals surface area (Å²) < 4.78 is 34.0.